The van der Waals surface area contributed by atoms with Crippen LogP contribution in [0.15, 0.2) is 18.2 Å². The largest absolute Gasteiger partial charge is 0.483 e. The van der Waals surface area contributed by atoms with Gasteiger partial charge in [-0.2, -0.15) is 0 Å². The van der Waals surface area contributed by atoms with E-state index < -0.39 is 0 Å². The zero-order valence-electron chi connectivity index (χ0n) is 12.5. The van der Waals surface area contributed by atoms with Crippen molar-refractivity contribution in [3.63, 3.8) is 0 Å². The predicted octanol–water partition coefficient (Wildman–Crippen LogP) is 1.23. The van der Waals surface area contributed by atoms with Crippen molar-refractivity contribution in [1.82, 2.24) is 4.90 Å². The third-order valence-corrected chi connectivity index (χ3v) is 3.97. The molecule has 1 saturated heterocycles. The summed E-state index contributed by atoms with van der Waals surface area (Å²) in [5.74, 6) is 1.56. The molecule has 0 aliphatic carbocycles. The lowest BCUT2D eigenvalue weighted by Gasteiger charge is -2.38. The molecule has 0 radical (unpaired) electrons. The molecule has 2 aliphatic heterocycles. The van der Waals surface area contributed by atoms with Crippen LogP contribution in [0.25, 0.3) is 0 Å². The highest BCUT2D eigenvalue weighted by Gasteiger charge is 2.33. The van der Waals surface area contributed by atoms with Gasteiger partial charge >= 0.3 is 0 Å². The first kappa shape index (κ1) is 14.2. The minimum absolute atomic E-state index is 0.0123. The summed E-state index contributed by atoms with van der Waals surface area (Å²) in [7, 11) is 0. The second-order valence-electron chi connectivity index (χ2n) is 6.42. The van der Waals surface area contributed by atoms with Crippen LogP contribution in [0.2, 0.25) is 0 Å². The number of para-hydroxylation sites is 1. The van der Waals surface area contributed by atoms with Gasteiger partial charge in [0, 0.05) is 37.6 Å². The van der Waals surface area contributed by atoms with E-state index in [4.69, 9.17) is 14.6 Å². The number of ether oxygens (including phenoxy) is 2. The second-order valence-corrected chi connectivity index (χ2v) is 6.42. The quantitative estimate of drug-likeness (QED) is 0.906. The molecule has 1 aromatic carbocycles. The van der Waals surface area contributed by atoms with E-state index >= 15 is 0 Å². The van der Waals surface area contributed by atoms with Crippen molar-refractivity contribution < 1.29 is 19.4 Å². The minimum Gasteiger partial charge on any atom is -0.483 e. The van der Waals surface area contributed by atoms with Crippen LogP contribution in [-0.2, 0) is 11.2 Å². The fraction of sp³-hybridized carbons (Fsp3) is 0.562. The Balaban J connectivity index is 1.60. The summed E-state index contributed by atoms with van der Waals surface area (Å²) in [6.07, 6.45) is 0.845. The second kappa shape index (κ2) is 5.22. The molecule has 5 nitrogen and oxygen atoms in total. The van der Waals surface area contributed by atoms with Gasteiger partial charge in [-0.3, -0.25) is 4.79 Å². The summed E-state index contributed by atoms with van der Waals surface area (Å²) in [6.45, 7) is 5.47. The van der Waals surface area contributed by atoms with Crippen molar-refractivity contribution in [3.05, 3.63) is 23.8 Å². The molecule has 3 rings (SSSR count). The van der Waals surface area contributed by atoms with Crippen molar-refractivity contribution >= 4 is 5.91 Å². The van der Waals surface area contributed by atoms with E-state index in [0.29, 0.717) is 18.8 Å². The van der Waals surface area contributed by atoms with Crippen LogP contribution >= 0.6 is 0 Å². The first-order chi connectivity index (χ1) is 9.98. The van der Waals surface area contributed by atoms with E-state index in [1.165, 1.54) is 0 Å². The average Bonchev–Trinajstić information content (AvgIpc) is 2.69. The Bertz CT molecular complexity index is 549. The highest BCUT2D eigenvalue weighted by molar-refractivity contribution is 5.78. The Hall–Kier alpha value is -1.75. The molecule has 0 spiro atoms. The van der Waals surface area contributed by atoms with Crippen LogP contribution in [0, 0.1) is 5.92 Å². The third-order valence-electron chi connectivity index (χ3n) is 3.97. The molecular weight excluding hydrogens is 270 g/mol. The maximum Gasteiger partial charge on any atom is 0.260 e. The third kappa shape index (κ3) is 2.83. The number of rotatable bonds is 4. The van der Waals surface area contributed by atoms with Gasteiger partial charge in [-0.05, 0) is 19.9 Å². The number of likely N-dealkylation sites (tertiary alicyclic amines) is 1. The Morgan fingerprint density at radius 2 is 2.24 bits per heavy atom. The molecule has 5 heteroatoms. The predicted molar refractivity (Wildman–Crippen MR) is 77.5 cm³/mol. The van der Waals surface area contributed by atoms with E-state index in [2.05, 4.69) is 0 Å². The number of carbonyl (C=O) groups excluding carboxylic acids is 1. The molecule has 2 heterocycles. The van der Waals surface area contributed by atoms with E-state index in [9.17, 15) is 4.79 Å². The Labute approximate surface area is 124 Å². The number of fused-ring (bicyclic) bond motifs is 1. The van der Waals surface area contributed by atoms with Gasteiger partial charge in [0.25, 0.3) is 5.91 Å². The summed E-state index contributed by atoms with van der Waals surface area (Å²) >= 11 is 0. The molecule has 0 aromatic heterocycles. The topological polar surface area (TPSA) is 59.0 Å². The van der Waals surface area contributed by atoms with Crippen molar-refractivity contribution in [2.75, 3.05) is 26.3 Å². The summed E-state index contributed by atoms with van der Waals surface area (Å²) in [5.41, 5.74) is 0.895. The molecule has 0 unspecified atom stereocenters. The molecule has 1 aromatic rings. The number of nitrogens with zero attached hydrogens (tertiary/aromatic N) is 1. The Morgan fingerprint density at radius 3 is 2.95 bits per heavy atom. The van der Waals surface area contributed by atoms with Crippen molar-refractivity contribution in [3.8, 4) is 11.5 Å². The minimum atomic E-state index is -0.225. The van der Waals surface area contributed by atoms with Gasteiger partial charge in [0.1, 0.15) is 5.60 Å². The van der Waals surface area contributed by atoms with Crippen LogP contribution in [0.3, 0.4) is 0 Å². The lowest BCUT2D eigenvalue weighted by atomic mass is 10.0. The summed E-state index contributed by atoms with van der Waals surface area (Å²) in [5, 5.41) is 8.96. The zero-order chi connectivity index (χ0) is 15.0. The van der Waals surface area contributed by atoms with Gasteiger partial charge in [-0.1, -0.05) is 12.1 Å². The Kier molecular flexibility index (Phi) is 3.53. The number of amides is 1. The zero-order valence-corrected chi connectivity index (χ0v) is 12.5. The van der Waals surface area contributed by atoms with E-state index in [1.807, 2.05) is 32.0 Å². The van der Waals surface area contributed by atoms with Gasteiger partial charge in [0.05, 0.1) is 0 Å². The van der Waals surface area contributed by atoms with Gasteiger partial charge in [0.15, 0.2) is 18.1 Å². The fourth-order valence-corrected chi connectivity index (χ4v) is 2.82. The maximum absolute atomic E-state index is 12.0. The normalized spacial score (nSPS) is 19.7. The number of carbonyl (C=O) groups is 1. The van der Waals surface area contributed by atoms with Crippen molar-refractivity contribution in [2.45, 2.75) is 25.9 Å². The van der Waals surface area contributed by atoms with E-state index in [0.717, 1.165) is 17.7 Å². The van der Waals surface area contributed by atoms with Gasteiger partial charge in [-0.15, -0.1) is 0 Å². The molecular formula is C16H21NO4. The molecule has 0 atom stereocenters. The number of benzene rings is 1. The monoisotopic (exact) mass is 291 g/mol. The van der Waals surface area contributed by atoms with Crippen molar-refractivity contribution in [2.24, 2.45) is 5.92 Å². The van der Waals surface area contributed by atoms with Crippen LogP contribution < -0.4 is 9.47 Å². The van der Waals surface area contributed by atoms with Gasteiger partial charge in [-0.25, -0.2) is 0 Å². The van der Waals surface area contributed by atoms with Crippen LogP contribution in [0.4, 0.5) is 0 Å². The fourth-order valence-electron chi connectivity index (χ4n) is 2.82. The smallest absolute Gasteiger partial charge is 0.260 e. The molecule has 1 amide bonds. The molecule has 114 valence electrons. The highest BCUT2D eigenvalue weighted by Crippen LogP contribution is 2.41. The lowest BCUT2D eigenvalue weighted by molar-refractivity contribution is -0.140. The molecule has 1 fully saturated rings. The van der Waals surface area contributed by atoms with Gasteiger partial charge in [0.2, 0.25) is 0 Å². The first-order valence-electron chi connectivity index (χ1n) is 7.31. The molecule has 0 bridgehead atoms. The van der Waals surface area contributed by atoms with Crippen LogP contribution in [0.1, 0.15) is 19.4 Å². The van der Waals surface area contributed by atoms with E-state index in [-0.39, 0.29) is 30.6 Å². The molecule has 0 saturated carbocycles. The SMILES string of the molecule is CC1(C)Cc2cccc(OCC(=O)N3CC(CO)C3)c2O1. The van der Waals surface area contributed by atoms with E-state index in [1.54, 1.807) is 4.90 Å². The number of hydrogen-bond donors (Lipinski definition) is 1. The van der Waals surface area contributed by atoms with Crippen molar-refractivity contribution in [1.29, 1.82) is 0 Å². The summed E-state index contributed by atoms with van der Waals surface area (Å²) in [6, 6.07) is 5.79. The summed E-state index contributed by atoms with van der Waals surface area (Å²) in [4.78, 5) is 13.7. The molecule has 1 N–H and O–H groups in total. The average molecular weight is 291 g/mol. The lowest BCUT2D eigenvalue weighted by Crippen LogP contribution is -2.52. The number of aliphatic hydroxyl groups is 1. The summed E-state index contributed by atoms with van der Waals surface area (Å²) < 4.78 is 11.6. The number of hydrogen-bond acceptors (Lipinski definition) is 4. The van der Waals surface area contributed by atoms with Crippen LogP contribution in [0.5, 0.6) is 11.5 Å². The Morgan fingerprint density at radius 1 is 1.48 bits per heavy atom. The molecule has 21 heavy (non-hydrogen) atoms. The maximum atomic E-state index is 12.0. The first-order valence-corrected chi connectivity index (χ1v) is 7.31. The standard InChI is InChI=1S/C16H21NO4/c1-16(2)6-12-4-3-5-13(15(12)21-16)20-10-14(19)17-7-11(8-17)9-18/h3-5,11,18H,6-10H2,1-2H3. The van der Waals surface area contributed by atoms with Crippen LogP contribution in [-0.4, -0.2) is 47.8 Å². The number of aliphatic hydroxyl groups excluding tert-OH is 1. The van der Waals surface area contributed by atoms with Gasteiger partial charge < -0.3 is 19.5 Å². The highest BCUT2D eigenvalue weighted by atomic mass is 16.5. The molecule has 2 aliphatic rings.